The van der Waals surface area contributed by atoms with Crippen molar-refractivity contribution in [1.29, 1.82) is 5.26 Å². The van der Waals surface area contributed by atoms with Crippen LogP contribution in [0.25, 0.3) is 10.9 Å². The van der Waals surface area contributed by atoms with E-state index in [1.807, 2.05) is 24.3 Å². The van der Waals surface area contributed by atoms with Crippen molar-refractivity contribution < 1.29 is 4.79 Å². The zero-order valence-corrected chi connectivity index (χ0v) is 13.7. The fourth-order valence-corrected chi connectivity index (χ4v) is 3.46. The second-order valence-electron chi connectivity index (χ2n) is 6.43. The summed E-state index contributed by atoms with van der Waals surface area (Å²) >= 11 is 0. The van der Waals surface area contributed by atoms with Gasteiger partial charge in [0.1, 0.15) is 6.07 Å². The Morgan fingerprint density at radius 1 is 1.46 bits per heavy atom. The van der Waals surface area contributed by atoms with E-state index in [4.69, 9.17) is 5.73 Å². The van der Waals surface area contributed by atoms with E-state index in [0.29, 0.717) is 11.5 Å². The molecule has 3 N–H and O–H groups in total. The van der Waals surface area contributed by atoms with Crippen LogP contribution in [0.3, 0.4) is 0 Å². The van der Waals surface area contributed by atoms with Gasteiger partial charge in [0.05, 0.1) is 17.6 Å². The molecule has 1 fully saturated rings. The van der Waals surface area contributed by atoms with Crippen molar-refractivity contribution in [2.75, 3.05) is 24.5 Å². The van der Waals surface area contributed by atoms with Crippen LogP contribution >= 0.6 is 0 Å². The zero-order chi connectivity index (χ0) is 17.1. The minimum Gasteiger partial charge on any atom is -0.369 e. The third kappa shape index (κ3) is 3.31. The van der Waals surface area contributed by atoms with Gasteiger partial charge in [-0.15, -0.1) is 0 Å². The molecule has 1 amide bonds. The number of aromatic nitrogens is 1. The van der Waals surface area contributed by atoms with Gasteiger partial charge in [0.15, 0.2) is 0 Å². The van der Waals surface area contributed by atoms with Gasteiger partial charge in [0, 0.05) is 36.4 Å². The van der Waals surface area contributed by atoms with Crippen molar-refractivity contribution in [3.05, 3.63) is 36.0 Å². The molecule has 0 aliphatic carbocycles. The topological polar surface area (TPSA) is 95.0 Å². The number of nitrogens with one attached hydrogen (secondary N) is 1. The number of piperidine rings is 1. The third-order valence-electron chi connectivity index (χ3n) is 4.43. The molecule has 1 aromatic heterocycles. The van der Waals surface area contributed by atoms with Crippen molar-refractivity contribution in [2.45, 2.75) is 19.4 Å². The molecule has 3 rings (SSSR count). The van der Waals surface area contributed by atoms with Gasteiger partial charge in [-0.25, -0.2) is 0 Å². The van der Waals surface area contributed by atoms with Crippen LogP contribution in [0.15, 0.2) is 30.5 Å². The number of fused-ring (bicyclic) bond motifs is 1. The Morgan fingerprint density at radius 3 is 3.04 bits per heavy atom. The minimum absolute atomic E-state index is 0.195. The molecule has 1 aliphatic heterocycles. The van der Waals surface area contributed by atoms with E-state index < -0.39 is 0 Å². The van der Waals surface area contributed by atoms with Crippen molar-refractivity contribution >= 4 is 22.5 Å². The van der Waals surface area contributed by atoms with Crippen LogP contribution in [0.5, 0.6) is 0 Å². The lowest BCUT2D eigenvalue weighted by atomic mass is 9.94. The highest BCUT2D eigenvalue weighted by atomic mass is 16.1. The van der Waals surface area contributed by atoms with Crippen LogP contribution in [-0.2, 0) is 4.79 Å². The van der Waals surface area contributed by atoms with E-state index in [-0.39, 0.29) is 18.5 Å². The van der Waals surface area contributed by atoms with Gasteiger partial charge in [-0.2, -0.15) is 5.26 Å². The first-order valence-electron chi connectivity index (χ1n) is 8.13. The predicted molar refractivity (Wildman–Crippen MR) is 93.4 cm³/mol. The number of nitrogens with two attached hydrogens (primary N) is 1. The molecule has 1 unspecified atom stereocenters. The number of hydrogen-bond acceptors (Lipinski definition) is 5. The summed E-state index contributed by atoms with van der Waals surface area (Å²) in [6, 6.07) is 10.1. The molecule has 0 saturated carbocycles. The van der Waals surface area contributed by atoms with Gasteiger partial charge < -0.3 is 16.0 Å². The molecule has 1 aliphatic rings. The minimum atomic E-state index is -0.340. The number of pyridine rings is 1. The van der Waals surface area contributed by atoms with E-state index >= 15 is 0 Å². The van der Waals surface area contributed by atoms with Crippen LogP contribution < -0.4 is 16.0 Å². The molecule has 0 spiro atoms. The first kappa shape index (κ1) is 16.2. The highest BCUT2D eigenvalue weighted by molar-refractivity contribution is 5.95. The molecule has 2 atom stereocenters. The molecular weight excluding hydrogens is 302 g/mol. The number of amides is 1. The first-order chi connectivity index (χ1) is 11.6. The standard InChI is InChI=1S/C18H21N5O/c1-12-7-14(22-9-17(20)24)11-23(10-12)16-5-4-13(8-19)18-15(16)3-2-6-21-18/h2-6,12,14,22H,7,9-11H2,1H3,(H2,20,24)/t12-,14?/m1/s1. The number of nitrogens with zero attached hydrogens (tertiary/aromatic N) is 3. The third-order valence-corrected chi connectivity index (χ3v) is 4.43. The molecule has 24 heavy (non-hydrogen) atoms. The van der Waals surface area contributed by atoms with Gasteiger partial charge in [-0.05, 0) is 36.6 Å². The fraction of sp³-hybridized carbons (Fsp3) is 0.389. The maximum atomic E-state index is 11.0. The maximum Gasteiger partial charge on any atom is 0.231 e. The van der Waals surface area contributed by atoms with E-state index in [0.717, 1.165) is 36.1 Å². The molecule has 2 heterocycles. The molecule has 124 valence electrons. The highest BCUT2D eigenvalue weighted by Crippen LogP contribution is 2.31. The normalized spacial score (nSPS) is 20.8. The number of hydrogen-bond donors (Lipinski definition) is 2. The monoisotopic (exact) mass is 323 g/mol. The second-order valence-corrected chi connectivity index (χ2v) is 6.43. The van der Waals surface area contributed by atoms with E-state index in [9.17, 15) is 10.1 Å². The molecule has 1 saturated heterocycles. The van der Waals surface area contributed by atoms with Gasteiger partial charge in [0.25, 0.3) is 0 Å². The number of rotatable bonds is 4. The number of carbonyl (C=O) groups is 1. The summed E-state index contributed by atoms with van der Waals surface area (Å²) in [7, 11) is 0. The Labute approximate surface area is 141 Å². The fourth-order valence-electron chi connectivity index (χ4n) is 3.46. The molecule has 1 aromatic carbocycles. The van der Waals surface area contributed by atoms with E-state index in [1.165, 1.54) is 0 Å². The van der Waals surface area contributed by atoms with Gasteiger partial charge in [0.2, 0.25) is 5.91 Å². The lowest BCUT2D eigenvalue weighted by Gasteiger charge is -2.38. The molecule has 6 nitrogen and oxygen atoms in total. The van der Waals surface area contributed by atoms with Crippen LogP contribution in [0.4, 0.5) is 5.69 Å². The lowest BCUT2D eigenvalue weighted by Crippen LogP contribution is -2.50. The predicted octanol–water partition coefficient (Wildman–Crippen LogP) is 1.40. The van der Waals surface area contributed by atoms with Crippen molar-refractivity contribution in [3.8, 4) is 6.07 Å². The first-order valence-corrected chi connectivity index (χ1v) is 8.13. The van der Waals surface area contributed by atoms with Crippen LogP contribution in [0, 0.1) is 17.2 Å². The van der Waals surface area contributed by atoms with Crippen molar-refractivity contribution in [1.82, 2.24) is 10.3 Å². The summed E-state index contributed by atoms with van der Waals surface area (Å²) in [6.07, 6.45) is 2.72. The summed E-state index contributed by atoms with van der Waals surface area (Å²) in [5.74, 6) is 0.152. The maximum absolute atomic E-state index is 11.0. The average Bonchev–Trinajstić information content (AvgIpc) is 2.58. The van der Waals surface area contributed by atoms with Gasteiger partial charge >= 0.3 is 0 Å². The average molecular weight is 323 g/mol. The van der Waals surface area contributed by atoms with Gasteiger partial charge in [-0.1, -0.05) is 6.92 Å². The number of benzene rings is 1. The van der Waals surface area contributed by atoms with E-state index in [1.54, 1.807) is 6.20 Å². The number of primary amides is 1. The Balaban J connectivity index is 1.92. The summed E-state index contributed by atoms with van der Waals surface area (Å²) in [5.41, 5.74) is 7.64. The summed E-state index contributed by atoms with van der Waals surface area (Å²) in [4.78, 5) is 17.7. The van der Waals surface area contributed by atoms with Crippen molar-refractivity contribution in [3.63, 3.8) is 0 Å². The molecule has 0 radical (unpaired) electrons. The Bertz CT molecular complexity index is 798. The second kappa shape index (κ2) is 6.85. The number of anilines is 1. The molecule has 6 heteroatoms. The van der Waals surface area contributed by atoms with Crippen LogP contribution in [0.2, 0.25) is 0 Å². The van der Waals surface area contributed by atoms with Gasteiger partial charge in [-0.3, -0.25) is 9.78 Å². The SMILES string of the molecule is C[C@@H]1CC(NCC(N)=O)CN(c2ccc(C#N)c3ncccc23)C1. The Hall–Kier alpha value is -2.65. The van der Waals surface area contributed by atoms with Crippen molar-refractivity contribution in [2.24, 2.45) is 11.7 Å². The summed E-state index contributed by atoms with van der Waals surface area (Å²) in [6.45, 7) is 4.13. The molecule has 2 aromatic rings. The van der Waals surface area contributed by atoms with E-state index in [2.05, 4.69) is 28.2 Å². The Kier molecular flexibility index (Phi) is 4.63. The van der Waals surface area contributed by atoms with Crippen LogP contribution in [0.1, 0.15) is 18.9 Å². The largest absolute Gasteiger partial charge is 0.369 e. The Morgan fingerprint density at radius 2 is 2.29 bits per heavy atom. The zero-order valence-electron chi connectivity index (χ0n) is 13.7. The smallest absolute Gasteiger partial charge is 0.231 e. The molecule has 0 bridgehead atoms. The highest BCUT2D eigenvalue weighted by Gasteiger charge is 2.26. The lowest BCUT2D eigenvalue weighted by molar-refractivity contribution is -0.117. The molecular formula is C18H21N5O. The quantitative estimate of drug-likeness (QED) is 0.887. The summed E-state index contributed by atoms with van der Waals surface area (Å²) in [5, 5.41) is 13.5. The number of carbonyl (C=O) groups excluding carboxylic acids is 1. The van der Waals surface area contributed by atoms with Crippen LogP contribution in [-0.4, -0.2) is 36.6 Å². The summed E-state index contributed by atoms with van der Waals surface area (Å²) < 4.78 is 0. The number of nitriles is 1.